The van der Waals surface area contributed by atoms with Crippen molar-refractivity contribution in [3.05, 3.63) is 20.8 Å². The van der Waals surface area contributed by atoms with Gasteiger partial charge in [0.1, 0.15) is 4.88 Å². The predicted molar refractivity (Wildman–Crippen MR) is 68.3 cm³/mol. The van der Waals surface area contributed by atoms with Crippen LogP contribution in [0.25, 0.3) is 0 Å². The molecule has 0 bridgehead atoms. The molecule has 1 N–H and O–H groups in total. The third-order valence-corrected chi connectivity index (χ3v) is 4.91. The molecule has 17 heavy (non-hydrogen) atoms. The van der Waals surface area contributed by atoms with Crippen LogP contribution in [-0.2, 0) is 4.79 Å². The van der Waals surface area contributed by atoms with Crippen LogP contribution in [-0.4, -0.2) is 35.0 Å². The van der Waals surface area contributed by atoms with Crippen LogP contribution in [0.5, 0.6) is 0 Å². The summed E-state index contributed by atoms with van der Waals surface area (Å²) < 4.78 is 0.774. The lowest BCUT2D eigenvalue weighted by Gasteiger charge is -2.19. The number of hydrogen-bond donors (Lipinski definition) is 1. The number of rotatable bonds is 2. The molecule has 0 saturated carbocycles. The molecule has 6 heteroatoms. The second-order valence-electron chi connectivity index (χ2n) is 4.44. The molecular weight excluding hydrogens is 306 g/mol. The molecule has 4 nitrogen and oxygen atoms in total. The van der Waals surface area contributed by atoms with Crippen molar-refractivity contribution in [2.24, 2.45) is 5.41 Å². The lowest BCUT2D eigenvalue weighted by molar-refractivity contribution is -0.147. The maximum Gasteiger partial charge on any atom is 0.311 e. The molecule has 2 heterocycles. The van der Waals surface area contributed by atoms with E-state index in [0.29, 0.717) is 17.8 Å². The summed E-state index contributed by atoms with van der Waals surface area (Å²) in [6.45, 7) is 2.48. The summed E-state index contributed by atoms with van der Waals surface area (Å²) in [5, 5.41) is 10.9. The van der Waals surface area contributed by atoms with Gasteiger partial charge in [0.25, 0.3) is 5.91 Å². The standard InChI is InChI=1S/C11H12BrNO3S/c1-11(10(15)16)3-4-13(6-11)9(14)8-7(12)2-5-17-8/h2,5H,3-4,6H2,1H3,(H,15,16)/t11-/m0/s1. The van der Waals surface area contributed by atoms with Crippen molar-refractivity contribution < 1.29 is 14.7 Å². The van der Waals surface area contributed by atoms with Gasteiger partial charge < -0.3 is 10.0 Å². The number of nitrogens with zero attached hydrogens (tertiary/aromatic N) is 1. The van der Waals surface area contributed by atoms with Crippen LogP contribution in [0.2, 0.25) is 0 Å². The Morgan fingerprint density at radius 1 is 1.59 bits per heavy atom. The van der Waals surface area contributed by atoms with Gasteiger partial charge in [-0.25, -0.2) is 0 Å². The molecule has 0 unspecified atom stereocenters. The lowest BCUT2D eigenvalue weighted by atomic mass is 9.90. The second-order valence-corrected chi connectivity index (χ2v) is 6.21. The van der Waals surface area contributed by atoms with Gasteiger partial charge in [0.2, 0.25) is 0 Å². The molecule has 0 aliphatic carbocycles. The van der Waals surface area contributed by atoms with Crippen molar-refractivity contribution in [2.45, 2.75) is 13.3 Å². The van der Waals surface area contributed by atoms with E-state index in [1.165, 1.54) is 11.3 Å². The molecule has 1 atom stereocenters. The van der Waals surface area contributed by atoms with E-state index < -0.39 is 11.4 Å². The molecule has 0 radical (unpaired) electrons. The van der Waals surface area contributed by atoms with Crippen molar-refractivity contribution in [2.75, 3.05) is 13.1 Å². The molecule has 1 aliphatic rings. The molecule has 1 aromatic heterocycles. The summed E-state index contributed by atoms with van der Waals surface area (Å²) in [4.78, 5) is 25.5. The molecule has 0 spiro atoms. The van der Waals surface area contributed by atoms with Gasteiger partial charge in [-0.05, 0) is 40.7 Å². The number of thiophene rings is 1. The minimum atomic E-state index is -0.835. The molecule has 1 aromatic rings. The Morgan fingerprint density at radius 2 is 2.29 bits per heavy atom. The van der Waals surface area contributed by atoms with Gasteiger partial charge in [-0.1, -0.05) is 0 Å². The monoisotopic (exact) mass is 317 g/mol. The van der Waals surface area contributed by atoms with Crippen molar-refractivity contribution in [3.8, 4) is 0 Å². The van der Waals surface area contributed by atoms with Gasteiger partial charge in [-0.15, -0.1) is 11.3 Å². The Bertz CT molecular complexity index is 473. The second kappa shape index (κ2) is 4.42. The van der Waals surface area contributed by atoms with Crippen LogP contribution < -0.4 is 0 Å². The summed E-state index contributed by atoms with van der Waals surface area (Å²) in [6, 6.07) is 1.82. The highest BCUT2D eigenvalue weighted by atomic mass is 79.9. The number of carboxylic acids is 1. The topological polar surface area (TPSA) is 57.6 Å². The highest BCUT2D eigenvalue weighted by molar-refractivity contribution is 9.10. The van der Waals surface area contributed by atoms with Gasteiger partial charge in [-0.3, -0.25) is 9.59 Å². The summed E-state index contributed by atoms with van der Waals surface area (Å²) in [5.74, 6) is -0.921. The van der Waals surface area contributed by atoms with E-state index in [4.69, 9.17) is 5.11 Å². The molecule has 2 rings (SSSR count). The number of carboxylic acid groups (broad SMARTS) is 1. The predicted octanol–water partition coefficient (Wildman–Crippen LogP) is 2.45. The molecule has 1 fully saturated rings. The van der Waals surface area contributed by atoms with E-state index in [-0.39, 0.29) is 12.5 Å². The van der Waals surface area contributed by atoms with Crippen LogP contribution >= 0.6 is 27.3 Å². The van der Waals surface area contributed by atoms with Crippen molar-refractivity contribution in [1.82, 2.24) is 4.90 Å². The van der Waals surface area contributed by atoms with Gasteiger partial charge >= 0.3 is 5.97 Å². The minimum absolute atomic E-state index is 0.0862. The zero-order chi connectivity index (χ0) is 12.6. The largest absolute Gasteiger partial charge is 0.481 e. The average Bonchev–Trinajstić information content (AvgIpc) is 2.85. The van der Waals surface area contributed by atoms with E-state index in [9.17, 15) is 9.59 Å². The summed E-state index contributed by atoms with van der Waals surface area (Å²) in [6.07, 6.45) is 0.511. The number of carbonyl (C=O) groups is 2. The minimum Gasteiger partial charge on any atom is -0.481 e. The Balaban J connectivity index is 2.15. The van der Waals surface area contributed by atoms with Crippen molar-refractivity contribution >= 4 is 39.1 Å². The average molecular weight is 318 g/mol. The molecule has 92 valence electrons. The van der Waals surface area contributed by atoms with Crippen molar-refractivity contribution in [1.29, 1.82) is 0 Å². The summed E-state index contributed by atoms with van der Waals surface area (Å²) in [7, 11) is 0. The van der Waals surface area contributed by atoms with Crippen LogP contribution in [0.15, 0.2) is 15.9 Å². The van der Waals surface area contributed by atoms with Crippen LogP contribution in [0.1, 0.15) is 23.0 Å². The Labute approximate surface area is 111 Å². The Hall–Kier alpha value is -0.880. The number of halogens is 1. The van der Waals surface area contributed by atoms with E-state index in [0.717, 1.165) is 4.47 Å². The zero-order valence-corrected chi connectivity index (χ0v) is 11.7. The van der Waals surface area contributed by atoms with Gasteiger partial charge in [0, 0.05) is 17.6 Å². The lowest BCUT2D eigenvalue weighted by Crippen LogP contribution is -2.34. The first-order chi connectivity index (χ1) is 7.94. The smallest absolute Gasteiger partial charge is 0.311 e. The van der Waals surface area contributed by atoms with Crippen LogP contribution in [0.4, 0.5) is 0 Å². The zero-order valence-electron chi connectivity index (χ0n) is 9.27. The Kier molecular flexibility index (Phi) is 3.27. The first-order valence-corrected chi connectivity index (χ1v) is 6.87. The quantitative estimate of drug-likeness (QED) is 0.911. The fraction of sp³-hybridized carbons (Fsp3) is 0.455. The summed E-state index contributed by atoms with van der Waals surface area (Å²) >= 11 is 4.69. The number of aliphatic carboxylic acids is 1. The maximum atomic E-state index is 12.2. The van der Waals surface area contributed by atoms with E-state index in [1.54, 1.807) is 11.8 Å². The normalized spacial score (nSPS) is 24.0. The van der Waals surface area contributed by atoms with Crippen LogP contribution in [0, 0.1) is 5.41 Å². The molecule has 1 aliphatic heterocycles. The van der Waals surface area contributed by atoms with Crippen molar-refractivity contribution in [3.63, 3.8) is 0 Å². The van der Waals surface area contributed by atoms with E-state index >= 15 is 0 Å². The fourth-order valence-electron chi connectivity index (χ4n) is 1.90. The van der Waals surface area contributed by atoms with E-state index in [2.05, 4.69) is 15.9 Å². The number of amides is 1. The third-order valence-electron chi connectivity index (χ3n) is 3.09. The van der Waals surface area contributed by atoms with Gasteiger partial charge in [0.15, 0.2) is 0 Å². The third kappa shape index (κ3) is 2.24. The maximum absolute atomic E-state index is 12.2. The van der Waals surface area contributed by atoms with E-state index in [1.807, 2.05) is 11.4 Å². The molecule has 1 amide bonds. The summed E-state index contributed by atoms with van der Waals surface area (Å²) in [5.41, 5.74) is -0.806. The molecular formula is C11H12BrNO3S. The fourth-order valence-corrected chi connectivity index (χ4v) is 3.41. The number of likely N-dealkylation sites (tertiary alicyclic amines) is 1. The first-order valence-electron chi connectivity index (χ1n) is 5.20. The number of carbonyl (C=O) groups excluding carboxylic acids is 1. The highest BCUT2D eigenvalue weighted by Crippen LogP contribution is 2.33. The Morgan fingerprint density at radius 3 is 2.76 bits per heavy atom. The highest BCUT2D eigenvalue weighted by Gasteiger charge is 2.42. The number of hydrogen-bond acceptors (Lipinski definition) is 3. The van der Waals surface area contributed by atoms with Gasteiger partial charge in [-0.2, -0.15) is 0 Å². The SMILES string of the molecule is C[C@]1(C(=O)O)CCN(C(=O)c2sccc2Br)C1. The molecule has 1 saturated heterocycles. The first kappa shape index (κ1) is 12.6. The van der Waals surface area contributed by atoms with Crippen LogP contribution in [0.3, 0.4) is 0 Å². The van der Waals surface area contributed by atoms with Gasteiger partial charge in [0.05, 0.1) is 5.41 Å². The molecule has 0 aromatic carbocycles.